The molecule has 0 aromatic carbocycles. The molecule has 0 aliphatic carbocycles. The first-order valence-electron chi connectivity index (χ1n) is 10.5. The number of fused-ring (bicyclic) bond motifs is 1. The predicted octanol–water partition coefficient (Wildman–Crippen LogP) is 1.33. The van der Waals surface area contributed by atoms with Gasteiger partial charge in [0.2, 0.25) is 11.8 Å². The molecule has 2 N–H and O–H groups in total. The fraction of sp³-hybridized carbons (Fsp3) is 0.850. The third-order valence-corrected chi connectivity index (χ3v) is 8.20. The minimum absolute atomic E-state index is 0.0383. The number of rotatable bonds is 10. The fourth-order valence-electron chi connectivity index (χ4n) is 5.12. The molecule has 0 radical (unpaired) electrons. The average Bonchev–Trinajstić information content (AvgIpc) is 3.31. The fourth-order valence-corrected chi connectivity index (χ4v) is 7.33. The second-order valence-electron chi connectivity index (χ2n) is 7.91. The molecule has 3 heterocycles. The molecule has 5 atom stereocenters. The van der Waals surface area contributed by atoms with Gasteiger partial charge in [-0.2, -0.15) is 0 Å². The van der Waals surface area contributed by atoms with E-state index in [1.807, 2.05) is 0 Å². The number of ether oxygens (including phenoxy) is 1. The normalized spacial score (nSPS) is 33.2. The molecule has 3 saturated heterocycles. The molecule has 2 bridgehead atoms. The Bertz CT molecular complexity index is 615. The van der Waals surface area contributed by atoms with Gasteiger partial charge in [-0.05, 0) is 32.6 Å². The van der Waals surface area contributed by atoms with Crippen molar-refractivity contribution in [1.29, 1.82) is 0 Å². The number of aliphatic hydroxyl groups excluding tert-OH is 1. The molecule has 2 amide bonds. The summed E-state index contributed by atoms with van der Waals surface area (Å²) in [6, 6.07) is -0.576. The number of carbonyl (C=O) groups is 3. The van der Waals surface area contributed by atoms with Gasteiger partial charge in [-0.3, -0.25) is 14.4 Å². The van der Waals surface area contributed by atoms with Gasteiger partial charge in [0.15, 0.2) is 0 Å². The Balaban J connectivity index is 1.85. The van der Waals surface area contributed by atoms with E-state index in [0.717, 1.165) is 32.1 Å². The van der Waals surface area contributed by atoms with E-state index in [1.54, 1.807) is 23.6 Å². The van der Waals surface area contributed by atoms with E-state index in [9.17, 15) is 19.5 Å². The van der Waals surface area contributed by atoms with Crippen molar-refractivity contribution >= 4 is 29.5 Å². The maximum Gasteiger partial charge on any atom is 0.310 e. The first kappa shape index (κ1) is 21.4. The van der Waals surface area contributed by atoms with Crippen molar-refractivity contribution in [2.45, 2.75) is 68.4 Å². The standard InChI is InChI=1S/C20H32N2O5S/c1-3-5-6-10-21-17(24)16-20-9-8-13(28-20)14(19(26)27-4-2)15(20)18(25)22(16)11-7-12-23/h13-16,23H,3-12H2,1-2H3,(H,21,24)/t13-,14+,15+,16?,20?/m1/s1. The van der Waals surface area contributed by atoms with Gasteiger partial charge in [0.25, 0.3) is 0 Å². The van der Waals surface area contributed by atoms with E-state index in [2.05, 4.69) is 12.2 Å². The molecule has 158 valence electrons. The van der Waals surface area contributed by atoms with Gasteiger partial charge in [0.05, 0.1) is 23.2 Å². The van der Waals surface area contributed by atoms with Crippen LogP contribution in [0.15, 0.2) is 0 Å². The van der Waals surface area contributed by atoms with Crippen LogP contribution < -0.4 is 5.32 Å². The van der Waals surface area contributed by atoms with Crippen molar-refractivity contribution in [2.75, 3.05) is 26.3 Å². The highest BCUT2D eigenvalue weighted by Crippen LogP contribution is 2.66. The van der Waals surface area contributed by atoms with Crippen LogP contribution in [0.4, 0.5) is 0 Å². The summed E-state index contributed by atoms with van der Waals surface area (Å²) in [4.78, 5) is 40.7. The average molecular weight is 413 g/mol. The predicted molar refractivity (Wildman–Crippen MR) is 107 cm³/mol. The number of nitrogens with one attached hydrogen (secondary N) is 1. The molecule has 2 unspecified atom stereocenters. The maximum absolute atomic E-state index is 13.3. The van der Waals surface area contributed by atoms with Crippen LogP contribution in [0.2, 0.25) is 0 Å². The Hall–Kier alpha value is -1.28. The molecule has 28 heavy (non-hydrogen) atoms. The molecule has 3 aliphatic heterocycles. The van der Waals surface area contributed by atoms with E-state index >= 15 is 0 Å². The van der Waals surface area contributed by atoms with Crippen LogP contribution in [-0.2, 0) is 19.1 Å². The smallest absolute Gasteiger partial charge is 0.310 e. The zero-order chi connectivity index (χ0) is 20.3. The van der Waals surface area contributed by atoms with Crippen LogP contribution in [0.3, 0.4) is 0 Å². The Kier molecular flexibility index (Phi) is 6.91. The topological polar surface area (TPSA) is 95.9 Å². The number of likely N-dealkylation sites (tertiary alicyclic amines) is 1. The van der Waals surface area contributed by atoms with Crippen molar-refractivity contribution in [3.63, 3.8) is 0 Å². The van der Waals surface area contributed by atoms with E-state index < -0.39 is 22.6 Å². The largest absolute Gasteiger partial charge is 0.466 e. The minimum atomic E-state index is -0.576. The summed E-state index contributed by atoms with van der Waals surface area (Å²) in [5.74, 6) is -1.54. The number of thioether (sulfide) groups is 1. The van der Waals surface area contributed by atoms with Gasteiger partial charge in [0, 0.05) is 24.9 Å². The lowest BCUT2D eigenvalue weighted by Gasteiger charge is -2.34. The van der Waals surface area contributed by atoms with Gasteiger partial charge >= 0.3 is 5.97 Å². The summed E-state index contributed by atoms with van der Waals surface area (Å²) in [6.45, 7) is 5.06. The number of hydrogen-bond acceptors (Lipinski definition) is 6. The molecule has 7 nitrogen and oxygen atoms in total. The molecule has 8 heteroatoms. The van der Waals surface area contributed by atoms with Crippen LogP contribution in [0.5, 0.6) is 0 Å². The molecule has 3 fully saturated rings. The summed E-state index contributed by atoms with van der Waals surface area (Å²) >= 11 is 1.65. The molecular weight excluding hydrogens is 380 g/mol. The Morgan fingerprint density at radius 2 is 2.11 bits per heavy atom. The van der Waals surface area contributed by atoms with Crippen molar-refractivity contribution in [3.05, 3.63) is 0 Å². The highest BCUT2D eigenvalue weighted by molar-refractivity contribution is 8.02. The van der Waals surface area contributed by atoms with Crippen molar-refractivity contribution < 1.29 is 24.2 Å². The second-order valence-corrected chi connectivity index (χ2v) is 9.52. The minimum Gasteiger partial charge on any atom is -0.466 e. The number of esters is 1. The van der Waals surface area contributed by atoms with Gasteiger partial charge in [-0.25, -0.2) is 0 Å². The molecule has 3 aliphatic rings. The number of aliphatic hydroxyl groups is 1. The summed E-state index contributed by atoms with van der Waals surface area (Å²) in [6.07, 6.45) is 5.05. The SMILES string of the molecule is CCCCCNC(=O)C1N(CCCO)C(=O)[C@@H]2[C@@H](C(=O)OCC)[C@H]3CCC12S3. The quantitative estimate of drug-likeness (QED) is 0.415. The zero-order valence-corrected chi connectivity index (χ0v) is 17.6. The van der Waals surface area contributed by atoms with Gasteiger partial charge < -0.3 is 20.1 Å². The van der Waals surface area contributed by atoms with Crippen molar-refractivity contribution in [3.8, 4) is 0 Å². The Morgan fingerprint density at radius 1 is 1.32 bits per heavy atom. The zero-order valence-electron chi connectivity index (χ0n) is 16.8. The number of carbonyl (C=O) groups excluding carboxylic acids is 3. The maximum atomic E-state index is 13.3. The van der Waals surface area contributed by atoms with Crippen LogP contribution in [0.25, 0.3) is 0 Å². The Labute approximate surface area is 170 Å². The third-order valence-electron chi connectivity index (χ3n) is 6.24. The lowest BCUT2D eigenvalue weighted by atomic mass is 9.71. The summed E-state index contributed by atoms with van der Waals surface area (Å²) in [7, 11) is 0. The summed E-state index contributed by atoms with van der Waals surface area (Å²) in [5.41, 5.74) is 0. The number of nitrogens with zero attached hydrogens (tertiary/aromatic N) is 1. The van der Waals surface area contributed by atoms with Crippen molar-refractivity contribution in [1.82, 2.24) is 10.2 Å². The van der Waals surface area contributed by atoms with E-state index in [4.69, 9.17) is 4.74 Å². The van der Waals surface area contributed by atoms with E-state index in [1.165, 1.54) is 0 Å². The van der Waals surface area contributed by atoms with Gasteiger partial charge in [-0.15, -0.1) is 11.8 Å². The number of unbranched alkanes of at least 4 members (excludes halogenated alkanes) is 2. The number of amides is 2. The molecule has 1 spiro atoms. The Morgan fingerprint density at radius 3 is 2.79 bits per heavy atom. The first-order chi connectivity index (χ1) is 13.5. The monoisotopic (exact) mass is 412 g/mol. The highest BCUT2D eigenvalue weighted by Gasteiger charge is 2.73. The van der Waals surface area contributed by atoms with E-state index in [-0.39, 0.29) is 36.2 Å². The summed E-state index contributed by atoms with van der Waals surface area (Å²) in [5, 5.41) is 12.3. The van der Waals surface area contributed by atoms with E-state index in [0.29, 0.717) is 19.5 Å². The first-order valence-corrected chi connectivity index (χ1v) is 11.4. The lowest BCUT2D eigenvalue weighted by Crippen LogP contribution is -2.53. The van der Waals surface area contributed by atoms with Gasteiger partial charge in [0.1, 0.15) is 6.04 Å². The molecule has 0 saturated carbocycles. The van der Waals surface area contributed by atoms with Gasteiger partial charge in [-0.1, -0.05) is 19.8 Å². The van der Waals surface area contributed by atoms with Crippen LogP contribution in [0.1, 0.15) is 52.4 Å². The third kappa shape index (κ3) is 3.54. The van der Waals surface area contributed by atoms with Crippen LogP contribution in [0, 0.1) is 11.8 Å². The highest BCUT2D eigenvalue weighted by atomic mass is 32.2. The lowest BCUT2D eigenvalue weighted by molar-refractivity contribution is -0.153. The molecule has 0 aromatic heterocycles. The number of hydrogen-bond donors (Lipinski definition) is 2. The molecule has 0 aromatic rings. The van der Waals surface area contributed by atoms with Crippen molar-refractivity contribution in [2.24, 2.45) is 11.8 Å². The summed E-state index contributed by atoms with van der Waals surface area (Å²) < 4.78 is 4.72. The van der Waals surface area contributed by atoms with Crippen LogP contribution in [-0.4, -0.2) is 70.1 Å². The molecule has 3 rings (SSSR count). The molecular formula is C20H32N2O5S. The second kappa shape index (κ2) is 9.03. The van der Waals surface area contributed by atoms with Crippen LogP contribution >= 0.6 is 11.8 Å².